The molecule has 2 aliphatic rings. The predicted octanol–water partition coefficient (Wildman–Crippen LogP) is 2.25. The molecule has 0 unspecified atom stereocenters. The van der Waals surface area contributed by atoms with Gasteiger partial charge in [-0.1, -0.05) is 64.7 Å². The van der Waals surface area contributed by atoms with E-state index in [1.54, 1.807) is 6.92 Å². The van der Waals surface area contributed by atoms with Crippen molar-refractivity contribution in [1.82, 2.24) is 0 Å². The van der Waals surface area contributed by atoms with E-state index in [1.165, 1.54) is 6.08 Å². The van der Waals surface area contributed by atoms with Gasteiger partial charge in [0.1, 0.15) is 30.5 Å². The molecule has 1 fully saturated rings. The third-order valence-corrected chi connectivity index (χ3v) is 15.2. The maximum atomic E-state index is 14.2. The normalized spacial score (nSPS) is 38.7. The summed E-state index contributed by atoms with van der Waals surface area (Å²) in [4.78, 5) is 18.2. The molecular formula is C55H103N3O17. The average Bonchev–Trinajstić information content (AvgIpc) is 3.61. The number of aliphatic hydroxyl groups is 13. The first kappa shape index (κ1) is 68.7. The smallest absolute Gasteiger partial charge is 0.311 e. The van der Waals surface area contributed by atoms with Crippen molar-refractivity contribution in [1.29, 1.82) is 0 Å². The first-order valence-corrected chi connectivity index (χ1v) is 28.1. The number of guanidine groups is 1. The molecule has 0 bridgehead atoms. The van der Waals surface area contributed by atoms with E-state index in [0.29, 0.717) is 108 Å². The molecule has 17 N–H and O–H groups in total. The summed E-state index contributed by atoms with van der Waals surface area (Å²) >= 11 is 0. The number of rotatable bonds is 12. The summed E-state index contributed by atoms with van der Waals surface area (Å²) in [5.74, 6) is -2.64. The molecule has 75 heavy (non-hydrogen) atoms. The molecule has 0 amide bonds. The molecule has 20 heteroatoms. The van der Waals surface area contributed by atoms with E-state index in [-0.39, 0.29) is 49.9 Å². The van der Waals surface area contributed by atoms with Crippen LogP contribution in [0, 0.1) is 23.7 Å². The van der Waals surface area contributed by atoms with Gasteiger partial charge in [-0.2, -0.15) is 0 Å². The van der Waals surface area contributed by atoms with Crippen molar-refractivity contribution in [2.24, 2.45) is 40.1 Å². The Labute approximate surface area is 446 Å². The van der Waals surface area contributed by atoms with Crippen molar-refractivity contribution < 1.29 is 85.4 Å². The zero-order valence-electron chi connectivity index (χ0n) is 46.0. The molecule has 20 atom stereocenters. The molecule has 0 saturated carbocycles. The van der Waals surface area contributed by atoms with Crippen LogP contribution in [-0.2, 0) is 19.0 Å². The molecule has 20 nitrogen and oxygen atoms in total. The largest absolute Gasteiger partial charge is 0.461 e. The number of esters is 1. The Kier molecular flexibility index (Phi) is 33.7. The Morgan fingerprint density at radius 1 is 0.733 bits per heavy atom. The molecule has 0 spiro atoms. The molecular weight excluding hydrogens is 975 g/mol. The standard InChI is InChI=1S/C55H103N3O17/c1-7-8-19-43-49(69)33(3)22-23-38(61)17-11-16-37(60)18-12-20-44(66)34(4)26-47(73-54-51(71)50(70)48(31-59)74-54)46(68)30-42(65)29-41(64)28-40(63)27-39(62)15-10-9-14-32(2)25-35(5)52(75-53(43)72)36(6)45(67)21-13-24-58-55(56)57/h25-26,33,35-52,54,59-71H,7-24,27-31H2,1-6H3,(H4,56,57,58)/b32-25-,34-26-/t33-,35-,36+,37-,38+,39-,40+,41-,42+,43-,44+,45+,46+,47+,48+,49+,50+,51-,52+,54-/m0/s1. The van der Waals surface area contributed by atoms with Crippen LogP contribution in [0.25, 0.3) is 0 Å². The maximum absolute atomic E-state index is 14.2. The number of carbonyl (C=O) groups excluding carboxylic acids is 1. The van der Waals surface area contributed by atoms with Crippen LogP contribution in [0.4, 0.5) is 0 Å². The van der Waals surface area contributed by atoms with Gasteiger partial charge in [0.2, 0.25) is 0 Å². The fourth-order valence-corrected chi connectivity index (χ4v) is 10.3. The summed E-state index contributed by atoms with van der Waals surface area (Å²) in [6.07, 6.45) is -7.42. The molecule has 2 aliphatic heterocycles. The van der Waals surface area contributed by atoms with Crippen molar-refractivity contribution in [3.63, 3.8) is 0 Å². The van der Waals surface area contributed by atoms with Crippen LogP contribution in [0.5, 0.6) is 0 Å². The van der Waals surface area contributed by atoms with Crippen LogP contribution in [0.15, 0.2) is 28.3 Å². The van der Waals surface area contributed by atoms with Crippen molar-refractivity contribution in [2.75, 3.05) is 13.2 Å². The highest BCUT2D eigenvalue weighted by Crippen LogP contribution is 2.32. The van der Waals surface area contributed by atoms with Gasteiger partial charge in [-0.3, -0.25) is 9.79 Å². The van der Waals surface area contributed by atoms with Gasteiger partial charge in [0.05, 0.1) is 73.6 Å². The van der Waals surface area contributed by atoms with E-state index in [9.17, 15) is 71.2 Å². The summed E-state index contributed by atoms with van der Waals surface area (Å²) < 4.78 is 17.7. The van der Waals surface area contributed by atoms with E-state index in [1.807, 2.05) is 40.7 Å². The summed E-state index contributed by atoms with van der Waals surface area (Å²) in [5.41, 5.74) is 12.4. The number of unbranched alkanes of at least 4 members (excludes halogenated alkanes) is 1. The number of carbonyl (C=O) groups is 1. The van der Waals surface area contributed by atoms with Gasteiger partial charge >= 0.3 is 5.97 Å². The second-order valence-corrected chi connectivity index (χ2v) is 22.2. The Balaban J connectivity index is 2.34. The second kappa shape index (κ2) is 36.7. The molecule has 2 heterocycles. The van der Waals surface area contributed by atoms with E-state index in [0.717, 1.165) is 12.0 Å². The number of nitrogens with zero attached hydrogens (tertiary/aromatic N) is 1. The first-order chi connectivity index (χ1) is 35.4. The zero-order chi connectivity index (χ0) is 56.4. The Morgan fingerprint density at radius 2 is 1.32 bits per heavy atom. The average molecular weight is 1080 g/mol. The number of aliphatic hydroxyl groups excluding tert-OH is 13. The fourth-order valence-electron chi connectivity index (χ4n) is 10.3. The number of ether oxygens (including phenoxy) is 3. The zero-order valence-corrected chi connectivity index (χ0v) is 46.0. The summed E-state index contributed by atoms with van der Waals surface area (Å²) in [7, 11) is 0. The lowest BCUT2D eigenvalue weighted by Crippen LogP contribution is -2.42. The van der Waals surface area contributed by atoms with Gasteiger partial charge in [-0.15, -0.1) is 0 Å². The number of aliphatic imine (C=N–C) groups is 1. The lowest BCUT2D eigenvalue weighted by Gasteiger charge is -2.34. The van der Waals surface area contributed by atoms with Gasteiger partial charge in [-0.05, 0) is 134 Å². The molecule has 440 valence electrons. The minimum Gasteiger partial charge on any atom is -0.461 e. The van der Waals surface area contributed by atoms with Crippen molar-refractivity contribution >= 4 is 11.9 Å². The van der Waals surface area contributed by atoms with Crippen LogP contribution in [0.1, 0.15) is 176 Å². The van der Waals surface area contributed by atoms with Crippen LogP contribution < -0.4 is 11.5 Å². The molecule has 0 radical (unpaired) electrons. The van der Waals surface area contributed by atoms with Crippen molar-refractivity contribution in [3.8, 4) is 0 Å². The van der Waals surface area contributed by atoms with E-state index in [4.69, 9.17) is 25.7 Å². The van der Waals surface area contributed by atoms with E-state index >= 15 is 0 Å². The Bertz CT molecular complexity index is 1640. The molecule has 0 aliphatic carbocycles. The highest BCUT2D eigenvalue weighted by molar-refractivity contribution is 5.75. The highest BCUT2D eigenvalue weighted by Gasteiger charge is 2.45. The topological polar surface area (TPSA) is 372 Å². The SMILES string of the molecule is CCCC[C@@H]1C(=O)O[C@@H]([C@H](C)[C@H](O)CCCN=C(N)N)[C@@H](C)/C=C(/C)CCCC[C@H](O)C[C@@H](O)C[C@H](O)C[C@@H](O)C[C@@H](O)[C@H](O[C@H]2O[C@H](CO)[C@@H](O)[C@@H]2O)/C=C(/C)[C@H](O)CCC[C@@H](O)CCC[C@@H](O)CC[C@H](C)[C@H]1O. The van der Waals surface area contributed by atoms with Crippen LogP contribution in [-0.4, -0.2) is 189 Å². The first-order valence-electron chi connectivity index (χ1n) is 28.1. The Hall–Kier alpha value is -2.38. The van der Waals surface area contributed by atoms with Gasteiger partial charge in [-0.25, -0.2) is 0 Å². The van der Waals surface area contributed by atoms with Crippen molar-refractivity contribution in [3.05, 3.63) is 23.3 Å². The van der Waals surface area contributed by atoms with Crippen LogP contribution >= 0.6 is 0 Å². The number of nitrogens with two attached hydrogens (primary N) is 2. The van der Waals surface area contributed by atoms with Gasteiger partial charge in [0.25, 0.3) is 0 Å². The fraction of sp³-hybridized carbons (Fsp3) is 0.891. The third kappa shape index (κ3) is 26.4. The van der Waals surface area contributed by atoms with Gasteiger partial charge in [0, 0.05) is 24.8 Å². The summed E-state index contributed by atoms with van der Waals surface area (Å²) in [6.45, 7) is 10.9. The van der Waals surface area contributed by atoms with Crippen LogP contribution in [0.2, 0.25) is 0 Å². The molecule has 0 aromatic rings. The number of hydrogen-bond acceptors (Lipinski definition) is 18. The summed E-state index contributed by atoms with van der Waals surface area (Å²) in [6, 6.07) is 0. The molecule has 0 aromatic carbocycles. The minimum absolute atomic E-state index is 0.0266. The molecule has 0 aromatic heterocycles. The predicted molar refractivity (Wildman–Crippen MR) is 284 cm³/mol. The monoisotopic (exact) mass is 1080 g/mol. The summed E-state index contributed by atoms with van der Waals surface area (Å²) in [5, 5.41) is 141. The maximum Gasteiger partial charge on any atom is 0.311 e. The Morgan fingerprint density at radius 3 is 1.92 bits per heavy atom. The van der Waals surface area contributed by atoms with Gasteiger partial charge < -0.3 is 92.1 Å². The van der Waals surface area contributed by atoms with E-state index in [2.05, 4.69) is 4.99 Å². The van der Waals surface area contributed by atoms with Crippen molar-refractivity contribution in [2.45, 2.75) is 274 Å². The molecule has 2 rings (SSSR count). The van der Waals surface area contributed by atoms with Gasteiger partial charge in [0.15, 0.2) is 12.2 Å². The lowest BCUT2D eigenvalue weighted by molar-refractivity contribution is -0.202. The van der Waals surface area contributed by atoms with Crippen LogP contribution in [0.3, 0.4) is 0 Å². The quantitative estimate of drug-likeness (QED) is 0.0438. The second-order valence-electron chi connectivity index (χ2n) is 22.2. The minimum atomic E-state index is -1.59. The third-order valence-electron chi connectivity index (χ3n) is 15.2. The highest BCUT2D eigenvalue weighted by atomic mass is 16.7. The number of cyclic esters (lactones) is 1. The number of hydrogen-bond donors (Lipinski definition) is 15. The number of allylic oxidation sites excluding steroid dienone is 1. The molecule has 1 saturated heterocycles. The lowest BCUT2D eigenvalue weighted by atomic mass is 9.84. The van der Waals surface area contributed by atoms with E-state index < -0.39 is 122 Å².